The third-order valence-electron chi connectivity index (χ3n) is 2.98. The zero-order valence-electron chi connectivity index (χ0n) is 13.0. The number of thiazole rings is 1. The summed E-state index contributed by atoms with van der Waals surface area (Å²) in [6.45, 7) is 1.73. The zero-order valence-corrected chi connectivity index (χ0v) is 14.7. The highest BCUT2D eigenvalue weighted by molar-refractivity contribution is 7.90. The zero-order chi connectivity index (χ0) is 19.5. The van der Waals surface area contributed by atoms with Gasteiger partial charge in [-0.15, -0.1) is 11.3 Å². The van der Waals surface area contributed by atoms with Crippen LogP contribution in [0.4, 0.5) is 13.2 Å². The van der Waals surface area contributed by atoms with Crippen LogP contribution >= 0.6 is 11.3 Å². The van der Waals surface area contributed by atoms with Crippen LogP contribution in [-0.2, 0) is 21.0 Å². The maximum absolute atomic E-state index is 13.1. The number of nitriles is 1. The Morgan fingerprint density at radius 2 is 2.08 bits per heavy atom. The second-order valence-corrected chi connectivity index (χ2v) is 7.63. The average molecular weight is 401 g/mol. The van der Waals surface area contributed by atoms with E-state index in [-0.39, 0.29) is 5.56 Å². The van der Waals surface area contributed by atoms with Crippen LogP contribution in [0.1, 0.15) is 21.8 Å². The molecule has 26 heavy (non-hydrogen) atoms. The van der Waals surface area contributed by atoms with E-state index in [1.165, 1.54) is 28.2 Å². The Labute approximate surface area is 150 Å². The summed E-state index contributed by atoms with van der Waals surface area (Å²) in [4.78, 5) is 14.6. The van der Waals surface area contributed by atoms with Gasteiger partial charge in [0.2, 0.25) is 0 Å². The van der Waals surface area contributed by atoms with Gasteiger partial charge in [0, 0.05) is 11.5 Å². The fourth-order valence-electron chi connectivity index (χ4n) is 1.89. The number of halogens is 3. The number of rotatable bonds is 4. The number of nitrogens with zero attached hydrogens (tertiary/aromatic N) is 2. The van der Waals surface area contributed by atoms with E-state index < -0.39 is 32.6 Å². The van der Waals surface area contributed by atoms with Crippen molar-refractivity contribution in [3.63, 3.8) is 0 Å². The minimum Gasteiger partial charge on any atom is -0.269 e. The Hall–Kier alpha value is -2.71. The van der Waals surface area contributed by atoms with Gasteiger partial charge in [-0.25, -0.2) is 18.1 Å². The molecule has 0 aliphatic rings. The van der Waals surface area contributed by atoms with Gasteiger partial charge in [0.25, 0.3) is 15.9 Å². The summed E-state index contributed by atoms with van der Waals surface area (Å²) in [6, 6.07) is 3.46. The number of sulfonamides is 1. The van der Waals surface area contributed by atoms with Crippen LogP contribution in [0.5, 0.6) is 0 Å². The van der Waals surface area contributed by atoms with E-state index in [1.807, 2.05) is 0 Å². The van der Waals surface area contributed by atoms with Crippen molar-refractivity contribution in [2.24, 2.45) is 0 Å². The number of hydrogen-bond acceptors (Lipinski definition) is 6. The fraction of sp³-hybridized carbons (Fsp3) is 0.133. The number of benzene rings is 1. The van der Waals surface area contributed by atoms with Gasteiger partial charge < -0.3 is 0 Å². The number of aryl methyl sites for hydroxylation is 1. The van der Waals surface area contributed by atoms with Gasteiger partial charge in [0.05, 0.1) is 32.8 Å². The van der Waals surface area contributed by atoms with Crippen molar-refractivity contribution in [1.29, 1.82) is 5.26 Å². The van der Waals surface area contributed by atoms with Gasteiger partial charge in [0.1, 0.15) is 0 Å². The minimum absolute atomic E-state index is 0.360. The van der Waals surface area contributed by atoms with Gasteiger partial charge in [-0.2, -0.15) is 18.4 Å². The van der Waals surface area contributed by atoms with Gasteiger partial charge in [-0.05, 0) is 31.2 Å². The lowest BCUT2D eigenvalue weighted by atomic mass is 10.1. The smallest absolute Gasteiger partial charge is 0.269 e. The third-order valence-corrected chi connectivity index (χ3v) is 5.18. The molecule has 136 valence electrons. The summed E-state index contributed by atoms with van der Waals surface area (Å²) in [5.74, 6) is -1.13. The molecule has 0 atom stereocenters. The van der Waals surface area contributed by atoms with Crippen LogP contribution in [0.2, 0.25) is 0 Å². The first kappa shape index (κ1) is 19.6. The Kier molecular flexibility index (Phi) is 5.48. The predicted octanol–water partition coefficient (Wildman–Crippen LogP) is 2.86. The van der Waals surface area contributed by atoms with Crippen LogP contribution in [0.15, 0.2) is 34.6 Å². The number of hydrogen-bond donors (Lipinski definition) is 1. The van der Waals surface area contributed by atoms with Gasteiger partial charge in [-0.1, -0.05) is 0 Å². The number of amides is 1. The van der Waals surface area contributed by atoms with Crippen molar-refractivity contribution in [2.45, 2.75) is 18.0 Å². The number of carbonyl (C=O) groups excluding carboxylic acids is 1. The fourth-order valence-corrected chi connectivity index (χ4v) is 3.63. The molecule has 1 heterocycles. The molecular formula is C15H10F3N3O3S2. The SMILES string of the molecule is Cc1nc(/C=C/C(=O)NS(=O)(=O)c2ccc(C#N)cc2C(F)(F)F)cs1. The van der Waals surface area contributed by atoms with E-state index in [4.69, 9.17) is 5.26 Å². The number of alkyl halides is 3. The Morgan fingerprint density at radius 3 is 2.62 bits per heavy atom. The monoisotopic (exact) mass is 401 g/mol. The van der Waals surface area contributed by atoms with Gasteiger partial charge >= 0.3 is 6.18 Å². The lowest BCUT2D eigenvalue weighted by molar-refractivity contribution is -0.140. The van der Waals surface area contributed by atoms with Crippen molar-refractivity contribution < 1.29 is 26.4 Å². The Morgan fingerprint density at radius 1 is 1.38 bits per heavy atom. The second kappa shape index (κ2) is 7.27. The molecule has 0 saturated heterocycles. The highest BCUT2D eigenvalue weighted by Gasteiger charge is 2.37. The third kappa shape index (κ3) is 4.68. The molecule has 0 spiro atoms. The normalized spacial score (nSPS) is 12.1. The van der Waals surface area contributed by atoms with E-state index in [0.717, 1.165) is 17.2 Å². The van der Waals surface area contributed by atoms with Crippen LogP contribution < -0.4 is 4.72 Å². The van der Waals surface area contributed by atoms with Crippen molar-refractivity contribution >= 4 is 33.3 Å². The molecule has 0 aliphatic heterocycles. The molecule has 2 aromatic rings. The summed E-state index contributed by atoms with van der Waals surface area (Å²) in [5.41, 5.74) is -1.48. The van der Waals surface area contributed by atoms with E-state index in [2.05, 4.69) is 4.98 Å². The van der Waals surface area contributed by atoms with Crippen LogP contribution in [0, 0.1) is 18.3 Å². The molecule has 0 unspecified atom stereocenters. The molecule has 1 aromatic heterocycles. The summed E-state index contributed by atoms with van der Waals surface area (Å²) in [7, 11) is -4.80. The minimum atomic E-state index is -5.02. The van der Waals surface area contributed by atoms with Crippen molar-refractivity contribution in [3.8, 4) is 6.07 Å². The first-order valence-electron chi connectivity index (χ1n) is 6.81. The Bertz CT molecular complexity index is 1020. The van der Waals surface area contributed by atoms with E-state index in [0.29, 0.717) is 17.8 Å². The summed E-state index contributed by atoms with van der Waals surface area (Å²) >= 11 is 1.31. The number of carbonyl (C=O) groups is 1. The molecule has 1 aromatic carbocycles. The lowest BCUT2D eigenvalue weighted by Gasteiger charge is -2.13. The van der Waals surface area contributed by atoms with Crippen molar-refractivity contribution in [2.75, 3.05) is 0 Å². The standard InChI is InChI=1S/C15H10F3N3O3S2/c1-9-20-11(8-25-9)3-5-14(22)21-26(23,24)13-4-2-10(7-19)6-12(13)15(16,17)18/h2-6,8H,1H3,(H,21,22)/b5-3+. The number of nitrogens with one attached hydrogen (secondary N) is 1. The first-order valence-corrected chi connectivity index (χ1v) is 9.17. The molecule has 0 radical (unpaired) electrons. The van der Waals surface area contributed by atoms with E-state index in [1.54, 1.807) is 12.3 Å². The topological polar surface area (TPSA) is 99.9 Å². The summed E-state index contributed by atoms with van der Waals surface area (Å²) in [6.07, 6.45) is -2.94. The number of aromatic nitrogens is 1. The van der Waals surface area contributed by atoms with Crippen molar-refractivity contribution in [3.05, 3.63) is 51.5 Å². The summed E-state index contributed by atoms with van der Waals surface area (Å²) < 4.78 is 65.2. The average Bonchev–Trinajstić information content (AvgIpc) is 2.96. The van der Waals surface area contributed by atoms with Gasteiger partial charge in [0.15, 0.2) is 0 Å². The maximum Gasteiger partial charge on any atom is 0.417 e. The maximum atomic E-state index is 13.1. The molecule has 1 amide bonds. The highest BCUT2D eigenvalue weighted by Crippen LogP contribution is 2.34. The molecule has 11 heteroatoms. The molecule has 2 rings (SSSR count). The quantitative estimate of drug-likeness (QED) is 0.794. The molecule has 1 N–H and O–H groups in total. The largest absolute Gasteiger partial charge is 0.417 e. The lowest BCUT2D eigenvalue weighted by Crippen LogP contribution is -2.30. The van der Waals surface area contributed by atoms with Crippen LogP contribution in [0.25, 0.3) is 6.08 Å². The van der Waals surface area contributed by atoms with Crippen LogP contribution in [-0.4, -0.2) is 19.3 Å². The summed E-state index contributed by atoms with van der Waals surface area (Å²) in [5, 5.41) is 11.0. The predicted molar refractivity (Wildman–Crippen MR) is 87.4 cm³/mol. The molecule has 6 nitrogen and oxygen atoms in total. The van der Waals surface area contributed by atoms with Crippen molar-refractivity contribution in [1.82, 2.24) is 9.71 Å². The molecule has 0 aliphatic carbocycles. The molecule has 0 fully saturated rings. The Balaban J connectivity index is 2.31. The molecule has 0 bridgehead atoms. The van der Waals surface area contributed by atoms with E-state index >= 15 is 0 Å². The second-order valence-electron chi connectivity index (χ2n) is 4.91. The van der Waals surface area contributed by atoms with Crippen LogP contribution in [0.3, 0.4) is 0 Å². The highest BCUT2D eigenvalue weighted by atomic mass is 32.2. The van der Waals surface area contributed by atoms with E-state index in [9.17, 15) is 26.4 Å². The molecule has 0 saturated carbocycles. The van der Waals surface area contributed by atoms with Gasteiger partial charge in [-0.3, -0.25) is 4.79 Å². The first-order chi connectivity index (χ1) is 12.0. The molecular weight excluding hydrogens is 391 g/mol.